The molecule has 2 amide bonds. The molecular weight excluding hydrogens is 465 g/mol. The Morgan fingerprint density at radius 1 is 1.08 bits per heavy atom. The van der Waals surface area contributed by atoms with Gasteiger partial charge in [0, 0.05) is 57.8 Å². The highest BCUT2D eigenvalue weighted by atomic mass is 19.1. The molecule has 1 aromatic rings. The summed E-state index contributed by atoms with van der Waals surface area (Å²) in [5, 5.41) is 0. The molecule has 2 bridgehead atoms. The average Bonchev–Trinajstić information content (AvgIpc) is 2.90. The predicted molar refractivity (Wildman–Crippen MR) is 147 cm³/mol. The number of carbonyl (C=O) groups excluding carboxylic acids is 2. The number of amides is 2. The van der Waals surface area contributed by atoms with E-state index in [2.05, 4.69) is 36.6 Å². The van der Waals surface area contributed by atoms with E-state index in [1.165, 1.54) is 43.4 Å². The summed E-state index contributed by atoms with van der Waals surface area (Å²) in [4.78, 5) is 32.4. The number of hydrogen-bond donors (Lipinski definition) is 0. The monoisotopic (exact) mass is 511 g/mol. The maximum atomic E-state index is 13.6. The van der Waals surface area contributed by atoms with Gasteiger partial charge in [-0.25, -0.2) is 4.39 Å². The summed E-state index contributed by atoms with van der Waals surface area (Å²) in [6.45, 7) is 12.1. The fourth-order valence-corrected chi connectivity index (χ4v) is 6.45. The Labute approximate surface area is 223 Å². The van der Waals surface area contributed by atoms with Crippen molar-refractivity contribution < 1.29 is 14.0 Å². The summed E-state index contributed by atoms with van der Waals surface area (Å²) in [6.07, 6.45) is 11.3. The SMILES string of the molecule is CCCCCCCC(=O)N(CCN1CCN(C(=O)c2cccc(F)c2)CC1)CC1=CCC2CC1C2(C)C. The lowest BCUT2D eigenvalue weighted by atomic mass is 9.49. The predicted octanol–water partition coefficient (Wildman–Crippen LogP) is 5.77. The molecule has 1 aliphatic heterocycles. The Hall–Kier alpha value is -2.21. The average molecular weight is 512 g/mol. The highest BCUT2D eigenvalue weighted by Gasteiger charge is 2.51. The van der Waals surface area contributed by atoms with Gasteiger partial charge in [-0.15, -0.1) is 0 Å². The topological polar surface area (TPSA) is 43.9 Å². The molecule has 0 radical (unpaired) electrons. The summed E-state index contributed by atoms with van der Waals surface area (Å²) in [6, 6.07) is 5.93. The second-order valence-electron chi connectivity index (χ2n) is 11.9. The van der Waals surface area contributed by atoms with E-state index in [0.29, 0.717) is 36.4 Å². The minimum Gasteiger partial charge on any atom is -0.337 e. The number of hydrogen-bond acceptors (Lipinski definition) is 3. The van der Waals surface area contributed by atoms with Crippen molar-refractivity contribution in [3.63, 3.8) is 0 Å². The Kier molecular flexibility index (Phi) is 9.44. The van der Waals surface area contributed by atoms with Crippen molar-refractivity contribution in [2.75, 3.05) is 45.8 Å². The van der Waals surface area contributed by atoms with Crippen LogP contribution >= 0.6 is 0 Å². The molecule has 4 aliphatic rings. The molecule has 1 heterocycles. The first-order valence-corrected chi connectivity index (χ1v) is 14.5. The first-order chi connectivity index (χ1) is 17.8. The molecule has 0 spiro atoms. The van der Waals surface area contributed by atoms with Gasteiger partial charge in [-0.2, -0.15) is 0 Å². The number of benzene rings is 1. The molecule has 0 aromatic heterocycles. The van der Waals surface area contributed by atoms with E-state index in [4.69, 9.17) is 0 Å². The quantitative estimate of drug-likeness (QED) is 0.265. The second kappa shape index (κ2) is 12.6. The molecule has 0 N–H and O–H groups in total. The normalized spacial score (nSPS) is 22.8. The van der Waals surface area contributed by atoms with Crippen molar-refractivity contribution in [2.24, 2.45) is 17.3 Å². The third kappa shape index (κ3) is 6.81. The zero-order valence-corrected chi connectivity index (χ0v) is 23.2. The lowest BCUT2D eigenvalue weighted by molar-refractivity contribution is -0.131. The molecule has 5 rings (SSSR count). The molecule has 1 saturated carbocycles. The van der Waals surface area contributed by atoms with Crippen LogP contribution in [0.4, 0.5) is 4.39 Å². The largest absolute Gasteiger partial charge is 0.337 e. The standard InChI is InChI=1S/C31H46FN3O2/c1-4-5-6-7-8-12-29(36)35(23-25-13-14-26-22-28(25)31(26,2)3)20-17-33-15-18-34(19-16-33)30(37)24-10-9-11-27(32)21-24/h9-11,13,21,26,28H,4-8,12,14-20,22-23H2,1-3H3. The van der Waals surface area contributed by atoms with Crippen LogP contribution in [-0.4, -0.2) is 72.3 Å². The van der Waals surface area contributed by atoms with Gasteiger partial charge in [0.05, 0.1) is 0 Å². The van der Waals surface area contributed by atoms with Crippen LogP contribution < -0.4 is 0 Å². The summed E-state index contributed by atoms with van der Waals surface area (Å²) in [5.74, 6) is 1.22. The van der Waals surface area contributed by atoms with Gasteiger partial charge in [0.25, 0.3) is 5.91 Å². The van der Waals surface area contributed by atoms with Crippen molar-refractivity contribution >= 4 is 11.8 Å². The van der Waals surface area contributed by atoms with Gasteiger partial charge < -0.3 is 9.80 Å². The Morgan fingerprint density at radius 3 is 2.51 bits per heavy atom. The van der Waals surface area contributed by atoms with Crippen molar-refractivity contribution in [1.29, 1.82) is 0 Å². The van der Waals surface area contributed by atoms with Crippen molar-refractivity contribution in [3.8, 4) is 0 Å². The number of halogens is 1. The van der Waals surface area contributed by atoms with E-state index >= 15 is 0 Å². The molecule has 37 heavy (non-hydrogen) atoms. The van der Waals surface area contributed by atoms with Gasteiger partial charge >= 0.3 is 0 Å². The van der Waals surface area contributed by atoms with Crippen LogP contribution in [0.5, 0.6) is 0 Å². The summed E-state index contributed by atoms with van der Waals surface area (Å²) in [5.41, 5.74) is 2.24. The maximum absolute atomic E-state index is 13.6. The van der Waals surface area contributed by atoms with E-state index < -0.39 is 0 Å². The van der Waals surface area contributed by atoms with Gasteiger partial charge in [-0.1, -0.05) is 64.2 Å². The van der Waals surface area contributed by atoms with E-state index in [1.54, 1.807) is 12.1 Å². The second-order valence-corrected chi connectivity index (χ2v) is 11.9. The van der Waals surface area contributed by atoms with Crippen molar-refractivity contribution in [1.82, 2.24) is 14.7 Å². The Bertz CT molecular complexity index is 967. The number of nitrogens with zero attached hydrogens (tertiary/aromatic N) is 3. The number of rotatable bonds is 12. The lowest BCUT2D eigenvalue weighted by Crippen LogP contribution is -2.52. The molecule has 6 heteroatoms. The van der Waals surface area contributed by atoms with E-state index in [9.17, 15) is 14.0 Å². The third-order valence-electron chi connectivity index (χ3n) is 9.22. The molecule has 204 valence electrons. The van der Waals surface area contributed by atoms with Gasteiger partial charge in [0.1, 0.15) is 5.82 Å². The van der Waals surface area contributed by atoms with Crippen LogP contribution in [0.25, 0.3) is 0 Å². The highest BCUT2D eigenvalue weighted by Crippen LogP contribution is 2.59. The minimum atomic E-state index is -0.381. The fraction of sp³-hybridized carbons (Fsp3) is 0.677. The van der Waals surface area contributed by atoms with Gasteiger partial charge in [-0.05, 0) is 54.7 Å². The Morgan fingerprint density at radius 2 is 1.84 bits per heavy atom. The zero-order chi connectivity index (χ0) is 26.4. The lowest BCUT2D eigenvalue weighted by Gasteiger charge is -2.57. The number of allylic oxidation sites excluding steroid dienone is 1. The molecule has 2 unspecified atom stereocenters. The number of fused-ring (bicyclic) bond motifs is 1. The van der Waals surface area contributed by atoms with Crippen LogP contribution in [0.2, 0.25) is 0 Å². The van der Waals surface area contributed by atoms with Crippen LogP contribution in [0.1, 0.15) is 82.5 Å². The summed E-state index contributed by atoms with van der Waals surface area (Å²) < 4.78 is 13.6. The van der Waals surface area contributed by atoms with Crippen LogP contribution in [0.15, 0.2) is 35.9 Å². The molecule has 1 saturated heterocycles. The smallest absolute Gasteiger partial charge is 0.254 e. The first kappa shape index (κ1) is 27.8. The number of piperazine rings is 1. The van der Waals surface area contributed by atoms with Gasteiger partial charge in [-0.3, -0.25) is 14.5 Å². The number of unbranched alkanes of at least 4 members (excludes halogenated alkanes) is 4. The Balaban J connectivity index is 1.30. The highest BCUT2D eigenvalue weighted by molar-refractivity contribution is 5.94. The van der Waals surface area contributed by atoms with Crippen LogP contribution in [0.3, 0.4) is 0 Å². The van der Waals surface area contributed by atoms with E-state index in [0.717, 1.165) is 57.9 Å². The molecule has 3 aliphatic carbocycles. The molecule has 1 aromatic carbocycles. The van der Waals surface area contributed by atoms with E-state index in [1.807, 2.05) is 4.90 Å². The van der Waals surface area contributed by atoms with Crippen LogP contribution in [-0.2, 0) is 4.79 Å². The fourth-order valence-electron chi connectivity index (χ4n) is 6.45. The van der Waals surface area contributed by atoms with Gasteiger partial charge in [0.2, 0.25) is 5.91 Å². The van der Waals surface area contributed by atoms with Crippen molar-refractivity contribution in [2.45, 2.75) is 72.1 Å². The third-order valence-corrected chi connectivity index (χ3v) is 9.22. The van der Waals surface area contributed by atoms with Crippen LogP contribution in [0, 0.1) is 23.1 Å². The summed E-state index contributed by atoms with van der Waals surface area (Å²) >= 11 is 0. The summed E-state index contributed by atoms with van der Waals surface area (Å²) in [7, 11) is 0. The minimum absolute atomic E-state index is 0.107. The van der Waals surface area contributed by atoms with Crippen molar-refractivity contribution in [3.05, 3.63) is 47.3 Å². The first-order valence-electron chi connectivity index (χ1n) is 14.5. The molecule has 2 fully saturated rings. The number of carbonyl (C=O) groups is 2. The molecule has 2 atom stereocenters. The van der Waals surface area contributed by atoms with E-state index in [-0.39, 0.29) is 17.6 Å². The molecular formula is C31H46FN3O2. The maximum Gasteiger partial charge on any atom is 0.254 e. The zero-order valence-electron chi connectivity index (χ0n) is 23.2. The van der Waals surface area contributed by atoms with Gasteiger partial charge in [0.15, 0.2) is 0 Å². The molecule has 5 nitrogen and oxygen atoms in total.